The Morgan fingerprint density at radius 2 is 0.450 bits per heavy atom. The van der Waals surface area contributed by atoms with Gasteiger partial charge in [-0.15, -0.1) is 0 Å². The highest BCUT2D eigenvalue weighted by Crippen LogP contribution is 2.51. The molecule has 2 N–H and O–H groups in total. The highest BCUT2D eigenvalue weighted by atomic mass is 14.9. The standard InChI is InChI=1S/C68H62N12/c1-65(2,3)37-29-69-61(70-30-37)49-53-41-21-13-15-23-43(41)55(77-53)50(62-71-31-38(32-72-62)66(4,5)6)57-45-25-17-19-27-47(45)59(79-57)52(64-75-35-40(36-76-64)68(10,11)12)60-48-28-20-18-26-46(48)58(80-60)51(63-73-33-39(34-74-63)67(7,8)9)56-44-24-16-14-22-42(44)54(49)78-56/h13-36,77,80H,1-12H3. The number of nitrogens with zero attached hydrogens (tertiary/aromatic N) is 10. The molecule has 0 fully saturated rings. The maximum Gasteiger partial charge on any atom is 0.163 e. The van der Waals surface area contributed by atoms with Crippen molar-refractivity contribution in [2.24, 2.45) is 0 Å². The molecule has 2 aliphatic heterocycles. The molecule has 8 heterocycles. The van der Waals surface area contributed by atoms with Gasteiger partial charge in [0.25, 0.3) is 0 Å². The molecule has 0 saturated carbocycles. The van der Waals surface area contributed by atoms with Gasteiger partial charge in [-0.1, -0.05) is 180 Å². The van der Waals surface area contributed by atoms with E-state index in [9.17, 15) is 0 Å². The molecule has 10 aromatic rings. The topological polar surface area (TPSA) is 160 Å². The predicted molar refractivity (Wildman–Crippen MR) is 324 cm³/mol. The summed E-state index contributed by atoms with van der Waals surface area (Å²) in [6.07, 6.45) is 15.6. The molecule has 0 atom stereocenters. The summed E-state index contributed by atoms with van der Waals surface area (Å²) in [5, 5.41) is 3.73. The van der Waals surface area contributed by atoms with E-state index in [0.717, 1.165) is 110 Å². The molecule has 0 radical (unpaired) electrons. The van der Waals surface area contributed by atoms with Crippen LogP contribution in [0.2, 0.25) is 0 Å². The Morgan fingerprint density at radius 1 is 0.263 bits per heavy atom. The second kappa shape index (κ2) is 18.2. The lowest BCUT2D eigenvalue weighted by Crippen LogP contribution is -2.12. The first-order valence-electron chi connectivity index (χ1n) is 27.4. The van der Waals surface area contributed by atoms with Crippen molar-refractivity contribution < 1.29 is 0 Å². The second-order valence-electron chi connectivity index (χ2n) is 25.2. The summed E-state index contributed by atoms with van der Waals surface area (Å²) in [6, 6.07) is 33.7. The van der Waals surface area contributed by atoms with Gasteiger partial charge in [0.15, 0.2) is 23.3 Å². The Bertz CT molecular complexity index is 3900. The summed E-state index contributed by atoms with van der Waals surface area (Å²) in [6.45, 7) is 26.1. The lowest BCUT2D eigenvalue weighted by Gasteiger charge is -2.18. The van der Waals surface area contributed by atoms with Crippen LogP contribution < -0.4 is 0 Å². The highest BCUT2D eigenvalue weighted by molar-refractivity contribution is 6.20. The number of benzene rings is 4. The first kappa shape index (κ1) is 50.4. The summed E-state index contributed by atoms with van der Waals surface area (Å²) in [5.41, 5.74) is 15.6. The maximum atomic E-state index is 5.88. The Morgan fingerprint density at radius 3 is 0.637 bits per heavy atom. The van der Waals surface area contributed by atoms with E-state index in [-0.39, 0.29) is 21.7 Å². The van der Waals surface area contributed by atoms with Crippen LogP contribution in [0, 0.1) is 0 Å². The van der Waals surface area contributed by atoms with Gasteiger partial charge in [-0.25, -0.2) is 49.8 Å². The van der Waals surface area contributed by atoms with Crippen molar-refractivity contribution in [3.05, 3.63) is 169 Å². The van der Waals surface area contributed by atoms with Gasteiger partial charge in [0.05, 0.1) is 67.1 Å². The zero-order chi connectivity index (χ0) is 55.6. The average Bonchev–Trinajstić information content (AvgIpc) is 4.26. The summed E-state index contributed by atoms with van der Waals surface area (Å²) < 4.78 is 0. The largest absolute Gasteiger partial charge is 0.353 e. The summed E-state index contributed by atoms with van der Waals surface area (Å²) >= 11 is 0. The monoisotopic (exact) mass is 1050 g/mol. The molecule has 4 aromatic carbocycles. The molecular formula is C68H62N12. The minimum Gasteiger partial charge on any atom is -0.353 e. The molecule has 394 valence electrons. The molecule has 0 amide bonds. The summed E-state index contributed by atoms with van der Waals surface area (Å²) in [5.74, 6) is 2.04. The molecule has 80 heavy (non-hydrogen) atoms. The maximum absolute atomic E-state index is 5.88. The summed E-state index contributed by atoms with van der Waals surface area (Å²) in [7, 11) is 0. The molecule has 0 saturated heterocycles. The van der Waals surface area contributed by atoms with Gasteiger partial charge in [0, 0.05) is 93.4 Å². The molecule has 0 spiro atoms. The van der Waals surface area contributed by atoms with Gasteiger partial charge in [0.1, 0.15) is 0 Å². The molecule has 8 bridgehead atoms. The summed E-state index contributed by atoms with van der Waals surface area (Å²) in [4.78, 5) is 61.9. The van der Waals surface area contributed by atoms with Gasteiger partial charge < -0.3 is 9.97 Å². The zero-order valence-electron chi connectivity index (χ0n) is 47.3. The Hall–Kier alpha value is -9.16. The van der Waals surface area contributed by atoms with Gasteiger partial charge in [-0.3, -0.25) is 0 Å². The molecule has 3 aliphatic rings. The van der Waals surface area contributed by atoms with Gasteiger partial charge in [-0.05, 0) is 43.9 Å². The van der Waals surface area contributed by atoms with E-state index in [2.05, 4.69) is 190 Å². The molecule has 12 nitrogen and oxygen atoms in total. The van der Waals surface area contributed by atoms with Gasteiger partial charge >= 0.3 is 0 Å². The predicted octanol–water partition coefficient (Wildman–Crippen LogP) is 16.3. The molecule has 13 rings (SSSR count). The van der Waals surface area contributed by atoms with Crippen molar-refractivity contribution in [2.75, 3.05) is 0 Å². The van der Waals surface area contributed by atoms with E-state index < -0.39 is 0 Å². The lowest BCUT2D eigenvalue weighted by atomic mass is 9.89. The van der Waals surface area contributed by atoms with E-state index in [1.807, 2.05) is 49.6 Å². The van der Waals surface area contributed by atoms with Crippen LogP contribution in [0.4, 0.5) is 0 Å². The third kappa shape index (κ3) is 8.35. The number of rotatable bonds is 4. The first-order valence-corrected chi connectivity index (χ1v) is 27.4. The van der Waals surface area contributed by atoms with Crippen LogP contribution >= 0.6 is 0 Å². The van der Waals surface area contributed by atoms with E-state index in [0.29, 0.717) is 46.1 Å². The minimum atomic E-state index is -0.196. The van der Waals surface area contributed by atoms with Crippen LogP contribution in [0.25, 0.3) is 134 Å². The molecule has 12 heteroatoms. The fourth-order valence-electron chi connectivity index (χ4n) is 10.9. The van der Waals surface area contributed by atoms with Crippen molar-refractivity contribution in [2.45, 2.75) is 105 Å². The van der Waals surface area contributed by atoms with Crippen LogP contribution in [-0.2, 0) is 21.7 Å². The average molecular weight is 1050 g/mol. The zero-order valence-corrected chi connectivity index (χ0v) is 47.3. The van der Waals surface area contributed by atoms with Gasteiger partial charge in [0.2, 0.25) is 0 Å². The molecular weight excluding hydrogens is 985 g/mol. The number of hydrogen-bond acceptors (Lipinski definition) is 10. The fraction of sp³-hybridized carbons (Fsp3) is 0.235. The number of aromatic nitrogens is 12. The minimum absolute atomic E-state index is 0.196. The van der Waals surface area contributed by atoms with E-state index >= 15 is 0 Å². The van der Waals surface area contributed by atoms with E-state index in [4.69, 9.17) is 49.8 Å². The third-order valence-corrected chi connectivity index (χ3v) is 15.7. The molecule has 6 aromatic heterocycles. The van der Waals surface area contributed by atoms with Crippen LogP contribution in [0.5, 0.6) is 0 Å². The van der Waals surface area contributed by atoms with Crippen LogP contribution in [0.3, 0.4) is 0 Å². The SMILES string of the molecule is CC(C)(C)c1cnc(-c2c3nc(c(-c4ncc(C(C)(C)C)cn4)c4[nH]c(c(-c5ncc(C(C)(C)C)cn5)c5nc(c(-c6ncc(C(C)(C)C)cn6)c6[nH]c2c2ccccc62)-c2ccccc2-5)c2ccccc42)-c2ccccc2-3)nc1. The first-order chi connectivity index (χ1) is 38.2. The Balaban J connectivity index is 1.33. The van der Waals surface area contributed by atoms with Crippen molar-refractivity contribution in [1.29, 1.82) is 0 Å². The fourth-order valence-corrected chi connectivity index (χ4v) is 10.9. The van der Waals surface area contributed by atoms with Crippen molar-refractivity contribution in [1.82, 2.24) is 59.8 Å². The molecule has 0 unspecified atom stereocenters. The quantitative estimate of drug-likeness (QED) is 0.174. The number of aromatic amines is 2. The molecule has 1 aliphatic carbocycles. The van der Waals surface area contributed by atoms with E-state index in [1.54, 1.807) is 0 Å². The van der Waals surface area contributed by atoms with Crippen molar-refractivity contribution >= 4 is 43.6 Å². The highest BCUT2D eigenvalue weighted by Gasteiger charge is 2.33. The number of hydrogen-bond donors (Lipinski definition) is 2. The van der Waals surface area contributed by atoms with Crippen molar-refractivity contribution in [3.8, 4) is 90.6 Å². The van der Waals surface area contributed by atoms with Crippen LogP contribution in [-0.4, -0.2) is 59.8 Å². The second-order valence-corrected chi connectivity index (χ2v) is 25.2. The Labute approximate surface area is 465 Å². The van der Waals surface area contributed by atoms with Crippen LogP contribution in [0.15, 0.2) is 147 Å². The number of nitrogens with one attached hydrogen (secondary N) is 2. The lowest BCUT2D eigenvalue weighted by molar-refractivity contribution is 0.584. The van der Waals surface area contributed by atoms with Crippen LogP contribution in [0.1, 0.15) is 105 Å². The normalized spacial score (nSPS) is 12.8. The van der Waals surface area contributed by atoms with E-state index in [1.165, 1.54) is 0 Å². The van der Waals surface area contributed by atoms with Crippen molar-refractivity contribution in [3.63, 3.8) is 0 Å². The third-order valence-electron chi connectivity index (χ3n) is 15.7. The smallest absolute Gasteiger partial charge is 0.163 e. The number of H-pyrrole nitrogens is 2. The van der Waals surface area contributed by atoms with Gasteiger partial charge in [-0.2, -0.15) is 0 Å². The Kier molecular flexibility index (Phi) is 11.5.